The second kappa shape index (κ2) is 9.24. The molecule has 1 aromatic heterocycles. The minimum absolute atomic E-state index is 0.0674. The van der Waals surface area contributed by atoms with Crippen LogP contribution in [0.3, 0.4) is 0 Å². The van der Waals surface area contributed by atoms with E-state index >= 15 is 0 Å². The number of benzene rings is 2. The summed E-state index contributed by atoms with van der Waals surface area (Å²) in [6, 6.07) is 14.4. The Labute approximate surface area is 179 Å². The quantitative estimate of drug-likeness (QED) is 0.462. The lowest BCUT2D eigenvalue weighted by atomic mass is 10.0. The number of ether oxygens (including phenoxy) is 1. The van der Waals surface area contributed by atoms with Crippen molar-refractivity contribution in [3.05, 3.63) is 65.9 Å². The van der Waals surface area contributed by atoms with Gasteiger partial charge in [-0.05, 0) is 54.8 Å². The zero-order chi connectivity index (χ0) is 22.6. The van der Waals surface area contributed by atoms with Crippen LogP contribution < -0.4 is 15.0 Å². The van der Waals surface area contributed by atoms with Crippen molar-refractivity contribution in [2.45, 2.75) is 32.9 Å². The normalized spacial score (nSPS) is 11.5. The minimum Gasteiger partial charge on any atom is -0.494 e. The van der Waals surface area contributed by atoms with Crippen LogP contribution in [0.25, 0.3) is 0 Å². The molecule has 0 atom stereocenters. The summed E-state index contributed by atoms with van der Waals surface area (Å²) < 4.78 is 46.3. The van der Waals surface area contributed by atoms with Gasteiger partial charge in [0.15, 0.2) is 5.82 Å². The maximum absolute atomic E-state index is 13.6. The number of hydrogen-bond donors (Lipinski definition) is 1. The lowest BCUT2D eigenvalue weighted by Crippen LogP contribution is -2.19. The van der Waals surface area contributed by atoms with Crippen molar-refractivity contribution in [3.8, 4) is 5.75 Å². The molecule has 0 fully saturated rings. The fourth-order valence-electron chi connectivity index (χ4n) is 3.02. The molecule has 5 nitrogen and oxygen atoms in total. The van der Waals surface area contributed by atoms with Crippen molar-refractivity contribution >= 4 is 23.1 Å². The number of halogens is 3. The summed E-state index contributed by atoms with van der Waals surface area (Å²) in [7, 11) is 1.56. The monoisotopic (exact) mass is 430 g/mol. The van der Waals surface area contributed by atoms with Crippen LogP contribution in [-0.4, -0.2) is 23.6 Å². The smallest absolute Gasteiger partial charge is 0.421 e. The van der Waals surface area contributed by atoms with Crippen molar-refractivity contribution in [1.29, 1.82) is 0 Å². The zero-order valence-electron chi connectivity index (χ0n) is 17.9. The molecule has 0 saturated carbocycles. The summed E-state index contributed by atoms with van der Waals surface area (Å²) in [6.45, 7) is 6.55. The number of rotatable bonds is 7. The molecule has 31 heavy (non-hydrogen) atoms. The van der Waals surface area contributed by atoms with Gasteiger partial charge >= 0.3 is 6.18 Å². The van der Waals surface area contributed by atoms with Crippen LogP contribution in [0.2, 0.25) is 0 Å². The van der Waals surface area contributed by atoms with Crippen LogP contribution in [0.1, 0.15) is 37.8 Å². The molecule has 3 rings (SSSR count). The van der Waals surface area contributed by atoms with Crippen LogP contribution in [0.5, 0.6) is 5.75 Å². The summed E-state index contributed by atoms with van der Waals surface area (Å²) in [6.07, 6.45) is -3.78. The van der Waals surface area contributed by atoms with E-state index in [1.54, 1.807) is 43.4 Å². The van der Waals surface area contributed by atoms with Crippen LogP contribution in [-0.2, 0) is 6.18 Å². The third kappa shape index (κ3) is 5.45. The first kappa shape index (κ1) is 22.4. The topological polar surface area (TPSA) is 50.3 Å². The molecule has 2 aromatic carbocycles. The predicted octanol–water partition coefficient (Wildman–Crippen LogP) is 6.53. The third-order valence-corrected chi connectivity index (χ3v) is 4.76. The Morgan fingerprint density at radius 2 is 1.68 bits per heavy atom. The molecule has 8 heteroatoms. The third-order valence-electron chi connectivity index (χ3n) is 4.76. The van der Waals surface area contributed by atoms with Gasteiger partial charge in [-0.1, -0.05) is 26.0 Å². The number of alkyl halides is 3. The first-order valence-electron chi connectivity index (χ1n) is 9.97. The molecule has 0 aliphatic heterocycles. The molecule has 0 amide bonds. The van der Waals surface area contributed by atoms with Crippen LogP contribution >= 0.6 is 0 Å². The molecule has 0 saturated heterocycles. The Balaban J connectivity index is 1.93. The molecule has 0 bridgehead atoms. The summed E-state index contributed by atoms with van der Waals surface area (Å²) in [5.74, 6) is 0.867. The van der Waals surface area contributed by atoms with Crippen LogP contribution in [0.4, 0.5) is 36.3 Å². The largest absolute Gasteiger partial charge is 0.494 e. The van der Waals surface area contributed by atoms with Gasteiger partial charge in [0.2, 0.25) is 5.95 Å². The summed E-state index contributed by atoms with van der Waals surface area (Å²) in [5, 5.41) is 2.95. The van der Waals surface area contributed by atoms with Gasteiger partial charge in [0.1, 0.15) is 11.3 Å². The highest BCUT2D eigenvalue weighted by Crippen LogP contribution is 2.38. The van der Waals surface area contributed by atoms with E-state index in [4.69, 9.17) is 4.74 Å². The van der Waals surface area contributed by atoms with E-state index < -0.39 is 11.7 Å². The number of nitrogens with zero attached hydrogens (tertiary/aromatic N) is 3. The lowest BCUT2D eigenvalue weighted by molar-refractivity contribution is -0.137. The zero-order valence-corrected chi connectivity index (χ0v) is 17.9. The van der Waals surface area contributed by atoms with E-state index in [1.165, 1.54) is 4.90 Å². The highest BCUT2D eigenvalue weighted by atomic mass is 19.4. The van der Waals surface area contributed by atoms with Crippen molar-refractivity contribution in [2.75, 3.05) is 23.9 Å². The Kier molecular flexibility index (Phi) is 6.68. The molecule has 0 spiro atoms. The van der Waals surface area contributed by atoms with Gasteiger partial charge in [0.05, 0.1) is 6.61 Å². The van der Waals surface area contributed by atoms with Crippen molar-refractivity contribution in [2.24, 2.45) is 0 Å². The van der Waals surface area contributed by atoms with E-state index in [-0.39, 0.29) is 11.8 Å². The summed E-state index contributed by atoms with van der Waals surface area (Å²) in [4.78, 5) is 9.47. The Morgan fingerprint density at radius 1 is 1.03 bits per heavy atom. The van der Waals surface area contributed by atoms with E-state index in [0.717, 1.165) is 11.8 Å². The van der Waals surface area contributed by atoms with Gasteiger partial charge in [-0.15, -0.1) is 0 Å². The lowest BCUT2D eigenvalue weighted by Gasteiger charge is -2.23. The molecule has 0 radical (unpaired) electrons. The fraction of sp³-hybridized carbons (Fsp3) is 0.304. The van der Waals surface area contributed by atoms with Crippen molar-refractivity contribution < 1.29 is 17.9 Å². The van der Waals surface area contributed by atoms with Gasteiger partial charge in [0, 0.05) is 24.6 Å². The first-order valence-corrected chi connectivity index (χ1v) is 9.97. The summed E-state index contributed by atoms with van der Waals surface area (Å²) in [5.41, 5.74) is 1.44. The highest BCUT2D eigenvalue weighted by Gasteiger charge is 2.36. The van der Waals surface area contributed by atoms with E-state index in [9.17, 15) is 13.2 Å². The highest BCUT2D eigenvalue weighted by molar-refractivity contribution is 5.65. The molecule has 0 unspecified atom stereocenters. The SMILES string of the molecule is CCOc1ccc(Nc2ncc(C(F)(F)F)c(N(C)c3ccc(C(C)C)cc3)n2)cc1. The fourth-order valence-corrected chi connectivity index (χ4v) is 3.02. The molecule has 1 N–H and O–H groups in total. The molecule has 164 valence electrons. The maximum atomic E-state index is 13.6. The molecule has 3 aromatic rings. The van der Waals surface area contributed by atoms with E-state index in [0.29, 0.717) is 29.6 Å². The first-order chi connectivity index (χ1) is 14.7. The minimum atomic E-state index is -4.58. The van der Waals surface area contributed by atoms with Gasteiger partial charge in [-0.3, -0.25) is 0 Å². The van der Waals surface area contributed by atoms with Gasteiger partial charge in [0.25, 0.3) is 0 Å². The molecular formula is C23H25F3N4O. The Morgan fingerprint density at radius 3 is 2.23 bits per heavy atom. The van der Waals surface area contributed by atoms with Gasteiger partial charge in [-0.25, -0.2) is 4.98 Å². The average molecular weight is 430 g/mol. The molecule has 0 aliphatic rings. The van der Waals surface area contributed by atoms with Crippen molar-refractivity contribution in [3.63, 3.8) is 0 Å². The second-order valence-electron chi connectivity index (χ2n) is 7.32. The van der Waals surface area contributed by atoms with Crippen LogP contribution in [0, 0.1) is 0 Å². The Bertz CT molecular complexity index is 1000. The standard InChI is InChI=1S/C23H25F3N4O/c1-5-31-19-12-8-17(9-13-19)28-22-27-14-20(23(24,25)26)21(29-22)30(4)18-10-6-16(7-11-18)15(2)3/h6-15H,5H2,1-4H3,(H,27,28,29). The number of nitrogens with one attached hydrogen (secondary N) is 1. The predicted molar refractivity (Wildman–Crippen MR) is 117 cm³/mol. The summed E-state index contributed by atoms with van der Waals surface area (Å²) >= 11 is 0. The molecule has 1 heterocycles. The van der Waals surface area contributed by atoms with Gasteiger partial charge in [-0.2, -0.15) is 18.2 Å². The average Bonchev–Trinajstić information content (AvgIpc) is 2.74. The van der Waals surface area contributed by atoms with E-state index in [1.807, 2.05) is 19.1 Å². The number of aromatic nitrogens is 2. The number of hydrogen-bond acceptors (Lipinski definition) is 5. The second-order valence-corrected chi connectivity index (χ2v) is 7.32. The van der Waals surface area contributed by atoms with Gasteiger partial charge < -0.3 is 15.0 Å². The molecule has 0 aliphatic carbocycles. The maximum Gasteiger partial charge on any atom is 0.421 e. The molecular weight excluding hydrogens is 405 g/mol. The van der Waals surface area contributed by atoms with E-state index in [2.05, 4.69) is 29.1 Å². The Hall–Kier alpha value is -3.29. The van der Waals surface area contributed by atoms with Crippen LogP contribution in [0.15, 0.2) is 54.7 Å². The van der Waals surface area contributed by atoms with Crippen molar-refractivity contribution in [1.82, 2.24) is 9.97 Å². The number of anilines is 4.